The Balaban J connectivity index is 1.96. The van der Waals surface area contributed by atoms with Gasteiger partial charge in [0.2, 0.25) is 11.8 Å². The van der Waals surface area contributed by atoms with Crippen LogP contribution in [-0.2, 0) is 27.9 Å². The standard InChI is InChI=1S/C22H35N3O3/c1-4-13-24(21(26)12-11-19-8-5-6-9-19)18-22(27)25(15-16-28-3)17-20-10-7-14-23(20)2/h4,7,10,14,19H,1,5-6,8-9,11-13,15-18H2,2-3H3. The molecule has 156 valence electrons. The highest BCUT2D eigenvalue weighted by atomic mass is 16.5. The van der Waals surface area contributed by atoms with E-state index in [1.165, 1.54) is 25.7 Å². The zero-order valence-corrected chi connectivity index (χ0v) is 17.4. The van der Waals surface area contributed by atoms with Crippen molar-refractivity contribution in [3.05, 3.63) is 36.7 Å². The topological polar surface area (TPSA) is 54.8 Å². The molecule has 2 amide bonds. The third kappa shape index (κ3) is 6.82. The summed E-state index contributed by atoms with van der Waals surface area (Å²) in [6, 6.07) is 3.96. The molecule has 1 heterocycles. The molecule has 1 aliphatic rings. The van der Waals surface area contributed by atoms with Crippen LogP contribution in [0.1, 0.15) is 44.2 Å². The lowest BCUT2D eigenvalue weighted by Crippen LogP contribution is -2.44. The van der Waals surface area contributed by atoms with Gasteiger partial charge in [0.05, 0.1) is 13.2 Å². The number of ether oxygens (including phenoxy) is 1. The molecule has 0 saturated heterocycles. The van der Waals surface area contributed by atoms with E-state index < -0.39 is 0 Å². The number of aryl methyl sites for hydroxylation is 1. The van der Waals surface area contributed by atoms with E-state index in [0.717, 1.165) is 12.1 Å². The average molecular weight is 390 g/mol. The number of hydrogen-bond acceptors (Lipinski definition) is 3. The molecule has 0 aromatic carbocycles. The summed E-state index contributed by atoms with van der Waals surface area (Å²) in [5.74, 6) is 0.654. The highest BCUT2D eigenvalue weighted by Gasteiger charge is 2.23. The molecule has 1 aromatic rings. The number of hydrogen-bond donors (Lipinski definition) is 0. The smallest absolute Gasteiger partial charge is 0.242 e. The third-order valence-electron chi connectivity index (χ3n) is 5.59. The Hall–Kier alpha value is -2.08. The minimum Gasteiger partial charge on any atom is -0.383 e. The van der Waals surface area contributed by atoms with E-state index in [1.54, 1.807) is 23.0 Å². The predicted octanol–water partition coefficient (Wildman–Crippen LogP) is 2.99. The normalized spacial score (nSPS) is 14.2. The molecule has 1 saturated carbocycles. The monoisotopic (exact) mass is 389 g/mol. The number of aromatic nitrogens is 1. The van der Waals surface area contributed by atoms with E-state index in [4.69, 9.17) is 4.74 Å². The highest BCUT2D eigenvalue weighted by Crippen LogP contribution is 2.28. The Bertz CT molecular complexity index is 635. The molecule has 1 fully saturated rings. The fourth-order valence-corrected chi connectivity index (χ4v) is 3.81. The highest BCUT2D eigenvalue weighted by molar-refractivity contribution is 5.85. The van der Waals surface area contributed by atoms with Gasteiger partial charge >= 0.3 is 0 Å². The van der Waals surface area contributed by atoms with Crippen LogP contribution in [0.3, 0.4) is 0 Å². The van der Waals surface area contributed by atoms with Gasteiger partial charge in [-0.05, 0) is 24.5 Å². The Morgan fingerprint density at radius 3 is 2.64 bits per heavy atom. The second kappa shape index (κ2) is 11.7. The first-order chi connectivity index (χ1) is 13.5. The summed E-state index contributed by atoms with van der Waals surface area (Å²) in [7, 11) is 3.59. The van der Waals surface area contributed by atoms with Crippen LogP contribution in [0.4, 0.5) is 0 Å². The van der Waals surface area contributed by atoms with Gasteiger partial charge in [0.15, 0.2) is 0 Å². The molecule has 2 rings (SSSR count). The molecule has 1 aliphatic carbocycles. The number of methoxy groups -OCH3 is 1. The van der Waals surface area contributed by atoms with Gasteiger partial charge in [0, 0.05) is 45.6 Å². The fourth-order valence-electron chi connectivity index (χ4n) is 3.81. The van der Waals surface area contributed by atoms with Crippen molar-refractivity contribution in [3.63, 3.8) is 0 Å². The van der Waals surface area contributed by atoms with Gasteiger partial charge in [-0.1, -0.05) is 31.8 Å². The first-order valence-corrected chi connectivity index (χ1v) is 10.3. The first-order valence-electron chi connectivity index (χ1n) is 10.3. The van der Waals surface area contributed by atoms with Crippen LogP contribution in [-0.4, -0.2) is 59.5 Å². The molecular formula is C22H35N3O3. The molecular weight excluding hydrogens is 354 g/mol. The van der Waals surface area contributed by atoms with E-state index in [2.05, 4.69) is 6.58 Å². The van der Waals surface area contributed by atoms with E-state index in [-0.39, 0.29) is 18.4 Å². The Kier molecular flexibility index (Phi) is 9.28. The van der Waals surface area contributed by atoms with Crippen LogP contribution in [0.25, 0.3) is 0 Å². The maximum absolute atomic E-state index is 13.0. The predicted molar refractivity (Wildman–Crippen MR) is 111 cm³/mol. The summed E-state index contributed by atoms with van der Waals surface area (Å²) in [5.41, 5.74) is 1.05. The molecule has 0 atom stereocenters. The van der Waals surface area contributed by atoms with Crippen LogP contribution in [0.2, 0.25) is 0 Å². The molecule has 0 radical (unpaired) electrons. The maximum Gasteiger partial charge on any atom is 0.242 e. The number of nitrogens with zero attached hydrogens (tertiary/aromatic N) is 3. The van der Waals surface area contributed by atoms with Gasteiger partial charge < -0.3 is 19.1 Å². The first kappa shape index (κ1) is 22.2. The Morgan fingerprint density at radius 2 is 2.04 bits per heavy atom. The number of amides is 2. The molecule has 28 heavy (non-hydrogen) atoms. The van der Waals surface area contributed by atoms with Gasteiger partial charge in [-0.2, -0.15) is 0 Å². The molecule has 6 heteroatoms. The Labute approximate surface area is 169 Å². The lowest BCUT2D eigenvalue weighted by atomic mass is 10.0. The molecule has 0 bridgehead atoms. The average Bonchev–Trinajstić information content (AvgIpc) is 3.34. The van der Waals surface area contributed by atoms with Gasteiger partial charge in [0.1, 0.15) is 6.54 Å². The molecule has 1 aromatic heterocycles. The molecule has 0 N–H and O–H groups in total. The lowest BCUT2D eigenvalue weighted by molar-refractivity contribution is -0.141. The second-order valence-electron chi connectivity index (χ2n) is 7.67. The summed E-state index contributed by atoms with van der Waals surface area (Å²) in [4.78, 5) is 29.1. The van der Waals surface area contributed by atoms with E-state index in [9.17, 15) is 9.59 Å². The zero-order valence-electron chi connectivity index (χ0n) is 17.4. The minimum atomic E-state index is -0.0608. The van der Waals surface area contributed by atoms with E-state index in [1.807, 2.05) is 29.9 Å². The van der Waals surface area contributed by atoms with Gasteiger partial charge in [-0.15, -0.1) is 6.58 Å². The zero-order chi connectivity index (χ0) is 20.4. The minimum absolute atomic E-state index is 0.0470. The van der Waals surface area contributed by atoms with Crippen molar-refractivity contribution in [2.75, 3.05) is 33.4 Å². The van der Waals surface area contributed by atoms with Crippen LogP contribution >= 0.6 is 0 Å². The summed E-state index contributed by atoms with van der Waals surface area (Å²) in [6.07, 6.45) is 10.1. The molecule has 6 nitrogen and oxygen atoms in total. The van der Waals surface area contributed by atoms with Crippen LogP contribution in [0.15, 0.2) is 31.0 Å². The molecule has 0 unspecified atom stereocenters. The van der Waals surface area contributed by atoms with Crippen molar-refractivity contribution >= 4 is 11.8 Å². The lowest BCUT2D eigenvalue weighted by Gasteiger charge is -2.27. The summed E-state index contributed by atoms with van der Waals surface area (Å²) < 4.78 is 7.17. The SMILES string of the molecule is C=CCN(CC(=O)N(CCOC)Cc1cccn1C)C(=O)CCC1CCCC1. The summed E-state index contributed by atoms with van der Waals surface area (Å²) in [5, 5.41) is 0. The Morgan fingerprint density at radius 1 is 1.29 bits per heavy atom. The van der Waals surface area contributed by atoms with Crippen molar-refractivity contribution in [3.8, 4) is 0 Å². The third-order valence-corrected chi connectivity index (χ3v) is 5.59. The maximum atomic E-state index is 13.0. The van der Waals surface area contributed by atoms with Gasteiger partial charge in [-0.25, -0.2) is 0 Å². The second-order valence-corrected chi connectivity index (χ2v) is 7.67. The van der Waals surface area contributed by atoms with Crippen molar-refractivity contribution in [1.29, 1.82) is 0 Å². The molecule has 0 spiro atoms. The van der Waals surface area contributed by atoms with Crippen LogP contribution < -0.4 is 0 Å². The van der Waals surface area contributed by atoms with Crippen molar-refractivity contribution in [2.45, 2.75) is 45.1 Å². The molecule has 0 aliphatic heterocycles. The number of rotatable bonds is 12. The fraction of sp³-hybridized carbons (Fsp3) is 0.636. The summed E-state index contributed by atoms with van der Waals surface area (Å²) in [6.45, 7) is 5.71. The van der Waals surface area contributed by atoms with E-state index in [0.29, 0.717) is 38.6 Å². The van der Waals surface area contributed by atoms with Crippen molar-refractivity contribution < 1.29 is 14.3 Å². The number of carbonyl (C=O) groups excluding carboxylic acids is 2. The largest absolute Gasteiger partial charge is 0.383 e. The van der Waals surface area contributed by atoms with Crippen LogP contribution in [0, 0.1) is 5.92 Å². The van der Waals surface area contributed by atoms with Crippen molar-refractivity contribution in [2.24, 2.45) is 13.0 Å². The van der Waals surface area contributed by atoms with Gasteiger partial charge in [-0.3, -0.25) is 9.59 Å². The van der Waals surface area contributed by atoms with Gasteiger partial charge in [0.25, 0.3) is 0 Å². The van der Waals surface area contributed by atoms with Crippen molar-refractivity contribution in [1.82, 2.24) is 14.4 Å². The quantitative estimate of drug-likeness (QED) is 0.517. The van der Waals surface area contributed by atoms with E-state index >= 15 is 0 Å². The summed E-state index contributed by atoms with van der Waals surface area (Å²) >= 11 is 0. The van der Waals surface area contributed by atoms with Crippen LogP contribution in [0.5, 0.6) is 0 Å². The number of carbonyl (C=O) groups is 2.